The van der Waals surface area contributed by atoms with Gasteiger partial charge in [0.2, 0.25) is 5.82 Å². The largest absolute Gasteiger partial charge is 0.393 e. The lowest BCUT2D eigenvalue weighted by atomic mass is 10.2. The van der Waals surface area contributed by atoms with Gasteiger partial charge in [-0.3, -0.25) is 0 Å². The van der Waals surface area contributed by atoms with Crippen molar-refractivity contribution in [1.82, 2.24) is 9.97 Å². The van der Waals surface area contributed by atoms with Crippen LogP contribution in [0, 0.1) is 11.3 Å². The lowest BCUT2D eigenvalue weighted by Crippen LogP contribution is -2.37. The third-order valence-corrected chi connectivity index (χ3v) is 3.33. The summed E-state index contributed by atoms with van der Waals surface area (Å²) in [5, 5.41) is 12.3. The van der Waals surface area contributed by atoms with Gasteiger partial charge in [0.1, 0.15) is 11.8 Å². The summed E-state index contributed by atoms with van der Waals surface area (Å²) in [6.07, 6.45) is 0.943. The monoisotopic (exact) mass is 276 g/mol. The van der Waals surface area contributed by atoms with Gasteiger partial charge in [0.25, 0.3) is 0 Å². The summed E-state index contributed by atoms with van der Waals surface area (Å²) in [6, 6.07) is 2.22. The van der Waals surface area contributed by atoms with Crippen LogP contribution in [0.4, 0.5) is 17.3 Å². The van der Waals surface area contributed by atoms with Crippen LogP contribution in [0.1, 0.15) is 26.1 Å². The molecule has 0 bridgehead atoms. The fourth-order valence-electron chi connectivity index (χ4n) is 1.97. The minimum Gasteiger partial charge on any atom is -0.393 e. The van der Waals surface area contributed by atoms with Crippen LogP contribution < -0.4 is 16.0 Å². The Kier molecular flexibility index (Phi) is 4.58. The second-order valence-electron chi connectivity index (χ2n) is 4.80. The Morgan fingerprint density at radius 3 is 2.75 bits per heavy atom. The van der Waals surface area contributed by atoms with Crippen molar-refractivity contribution >= 4 is 17.3 Å². The highest BCUT2D eigenvalue weighted by molar-refractivity contribution is 5.76. The van der Waals surface area contributed by atoms with Crippen molar-refractivity contribution in [3.63, 3.8) is 0 Å². The summed E-state index contributed by atoms with van der Waals surface area (Å²) in [6.45, 7) is 6.83. The molecule has 1 saturated heterocycles. The highest BCUT2D eigenvalue weighted by Crippen LogP contribution is 2.28. The molecule has 2 rings (SSSR count). The summed E-state index contributed by atoms with van der Waals surface area (Å²) in [5.41, 5.74) is 6.65. The molecule has 108 valence electrons. The van der Waals surface area contributed by atoms with E-state index in [0.29, 0.717) is 30.5 Å². The van der Waals surface area contributed by atoms with Crippen LogP contribution in [0.15, 0.2) is 0 Å². The summed E-state index contributed by atoms with van der Waals surface area (Å²) in [4.78, 5) is 10.4. The minimum absolute atomic E-state index is 0.131. The lowest BCUT2D eigenvalue weighted by molar-refractivity contribution is 0.122. The first-order valence-electron chi connectivity index (χ1n) is 6.82. The quantitative estimate of drug-likeness (QED) is 0.845. The van der Waals surface area contributed by atoms with Gasteiger partial charge < -0.3 is 20.7 Å². The molecule has 1 aromatic heterocycles. The number of hydrogen-bond donors (Lipinski definition) is 2. The molecule has 1 fully saturated rings. The van der Waals surface area contributed by atoms with Gasteiger partial charge in [-0.25, -0.2) is 0 Å². The van der Waals surface area contributed by atoms with Crippen molar-refractivity contribution < 1.29 is 4.74 Å². The van der Waals surface area contributed by atoms with E-state index in [0.717, 1.165) is 19.5 Å². The SMILES string of the molecule is CCC(C)Nc1nc(C#N)nc(N2CCOCC2)c1N. The van der Waals surface area contributed by atoms with Gasteiger partial charge in [-0.1, -0.05) is 6.92 Å². The second-order valence-corrected chi connectivity index (χ2v) is 4.80. The zero-order valence-electron chi connectivity index (χ0n) is 11.9. The molecule has 20 heavy (non-hydrogen) atoms. The van der Waals surface area contributed by atoms with Crippen molar-refractivity contribution in [2.24, 2.45) is 0 Å². The molecule has 0 aliphatic carbocycles. The van der Waals surface area contributed by atoms with E-state index in [1.807, 2.05) is 17.9 Å². The molecule has 3 N–H and O–H groups in total. The predicted octanol–water partition coefficient (Wildman–Crippen LogP) is 0.977. The Morgan fingerprint density at radius 1 is 1.45 bits per heavy atom. The van der Waals surface area contributed by atoms with E-state index >= 15 is 0 Å². The standard InChI is InChI=1S/C13H20N6O/c1-3-9(2)16-12-11(15)13(18-10(8-14)17-12)19-4-6-20-7-5-19/h9H,3-7,15H2,1-2H3,(H,16,17,18). The van der Waals surface area contributed by atoms with E-state index in [1.54, 1.807) is 0 Å². The van der Waals surface area contributed by atoms with Gasteiger partial charge in [0.05, 0.1) is 13.2 Å². The third-order valence-electron chi connectivity index (χ3n) is 3.33. The third kappa shape index (κ3) is 3.08. The number of nitrogens with zero attached hydrogens (tertiary/aromatic N) is 4. The highest BCUT2D eigenvalue weighted by Gasteiger charge is 2.20. The number of nitrogens with one attached hydrogen (secondary N) is 1. The van der Waals surface area contributed by atoms with Gasteiger partial charge in [0, 0.05) is 19.1 Å². The van der Waals surface area contributed by atoms with E-state index in [9.17, 15) is 0 Å². The van der Waals surface area contributed by atoms with E-state index < -0.39 is 0 Å². The minimum atomic E-state index is 0.131. The number of anilines is 3. The Balaban J connectivity index is 2.35. The van der Waals surface area contributed by atoms with Gasteiger partial charge in [0.15, 0.2) is 11.6 Å². The number of aromatic nitrogens is 2. The van der Waals surface area contributed by atoms with Crippen LogP contribution in [0.5, 0.6) is 0 Å². The van der Waals surface area contributed by atoms with Crippen molar-refractivity contribution in [2.45, 2.75) is 26.3 Å². The molecule has 1 aromatic rings. The molecule has 7 heteroatoms. The van der Waals surface area contributed by atoms with Gasteiger partial charge in [-0.15, -0.1) is 0 Å². The Hall–Kier alpha value is -2.07. The zero-order valence-corrected chi connectivity index (χ0v) is 11.9. The fourth-order valence-corrected chi connectivity index (χ4v) is 1.97. The molecule has 0 amide bonds. The molecule has 1 unspecified atom stereocenters. The summed E-state index contributed by atoms with van der Waals surface area (Å²) >= 11 is 0. The van der Waals surface area contributed by atoms with Crippen molar-refractivity contribution in [3.8, 4) is 6.07 Å². The molecular formula is C13H20N6O. The average Bonchev–Trinajstić information content (AvgIpc) is 2.50. The maximum atomic E-state index is 9.08. The molecule has 1 aliphatic heterocycles. The van der Waals surface area contributed by atoms with Crippen LogP contribution in [0.2, 0.25) is 0 Å². The smallest absolute Gasteiger partial charge is 0.236 e. The maximum absolute atomic E-state index is 9.08. The molecular weight excluding hydrogens is 256 g/mol. The highest BCUT2D eigenvalue weighted by atomic mass is 16.5. The summed E-state index contributed by atoms with van der Waals surface area (Å²) < 4.78 is 5.32. The van der Waals surface area contributed by atoms with Crippen LogP contribution in [-0.4, -0.2) is 42.3 Å². The summed E-state index contributed by atoms with van der Waals surface area (Å²) in [7, 11) is 0. The van der Waals surface area contributed by atoms with Gasteiger partial charge in [-0.05, 0) is 13.3 Å². The van der Waals surface area contributed by atoms with Gasteiger partial charge >= 0.3 is 0 Å². The number of nitrogen functional groups attached to an aromatic ring is 1. The topological polar surface area (TPSA) is 100 Å². The molecule has 0 aromatic carbocycles. The van der Waals surface area contributed by atoms with E-state index in [-0.39, 0.29) is 11.9 Å². The Morgan fingerprint density at radius 2 is 2.15 bits per heavy atom. The number of morpholine rings is 1. The number of nitriles is 1. The molecule has 2 heterocycles. The number of hydrogen-bond acceptors (Lipinski definition) is 7. The zero-order chi connectivity index (χ0) is 14.5. The number of nitrogens with two attached hydrogens (primary N) is 1. The van der Waals surface area contributed by atoms with E-state index in [2.05, 4.69) is 22.2 Å². The van der Waals surface area contributed by atoms with Crippen molar-refractivity contribution in [2.75, 3.05) is 42.3 Å². The first kappa shape index (κ1) is 14.3. The number of ether oxygens (including phenoxy) is 1. The van der Waals surface area contributed by atoms with Crippen molar-refractivity contribution in [1.29, 1.82) is 5.26 Å². The fraction of sp³-hybridized carbons (Fsp3) is 0.615. The lowest BCUT2D eigenvalue weighted by Gasteiger charge is -2.29. The van der Waals surface area contributed by atoms with Crippen LogP contribution in [0.3, 0.4) is 0 Å². The molecule has 0 radical (unpaired) electrons. The van der Waals surface area contributed by atoms with Gasteiger partial charge in [-0.2, -0.15) is 15.2 Å². The molecule has 7 nitrogen and oxygen atoms in total. The first-order valence-corrected chi connectivity index (χ1v) is 6.82. The second kappa shape index (κ2) is 6.39. The molecule has 0 spiro atoms. The number of rotatable bonds is 4. The molecule has 0 saturated carbocycles. The van der Waals surface area contributed by atoms with Crippen LogP contribution in [0.25, 0.3) is 0 Å². The van der Waals surface area contributed by atoms with Crippen LogP contribution >= 0.6 is 0 Å². The summed E-state index contributed by atoms with van der Waals surface area (Å²) in [5.74, 6) is 1.28. The average molecular weight is 276 g/mol. The van der Waals surface area contributed by atoms with E-state index in [1.165, 1.54) is 0 Å². The predicted molar refractivity (Wildman–Crippen MR) is 77.6 cm³/mol. The van der Waals surface area contributed by atoms with E-state index in [4.69, 9.17) is 15.7 Å². The Bertz CT molecular complexity index is 506. The van der Waals surface area contributed by atoms with Crippen molar-refractivity contribution in [3.05, 3.63) is 5.82 Å². The van der Waals surface area contributed by atoms with Crippen LogP contribution in [-0.2, 0) is 4.74 Å². The first-order chi connectivity index (χ1) is 9.65. The molecule has 1 atom stereocenters. The molecule has 1 aliphatic rings. The maximum Gasteiger partial charge on any atom is 0.236 e. The normalized spacial score (nSPS) is 16.6. The Labute approximate surface area is 118 Å².